The molecule has 2 rings (SSSR count). The van der Waals surface area contributed by atoms with Crippen LogP contribution < -0.4 is 4.72 Å². The van der Waals surface area contributed by atoms with Crippen molar-refractivity contribution in [2.45, 2.75) is 17.6 Å². The van der Waals surface area contributed by atoms with Crippen molar-refractivity contribution in [2.75, 3.05) is 0 Å². The van der Waals surface area contributed by atoms with Crippen LogP contribution in [-0.2, 0) is 22.7 Å². The Bertz CT molecular complexity index is 917. The summed E-state index contributed by atoms with van der Waals surface area (Å²) < 4.78 is 77.3. The standard InChI is InChI=1S/C14H9Cl2F4NO3S/c15-8-4-10(16)13(22)12(5-8)25(23,24)21-6-7-1-2-9(11(17)3-7)14(18,19)20/h1-5,21-22H,6H2. The highest BCUT2D eigenvalue weighted by Gasteiger charge is 2.34. The minimum atomic E-state index is -4.86. The average molecular weight is 418 g/mol. The van der Waals surface area contributed by atoms with E-state index in [1.165, 1.54) is 0 Å². The molecule has 136 valence electrons. The van der Waals surface area contributed by atoms with Crippen molar-refractivity contribution in [3.8, 4) is 5.75 Å². The molecule has 0 saturated carbocycles. The smallest absolute Gasteiger partial charge is 0.419 e. The van der Waals surface area contributed by atoms with E-state index in [1.54, 1.807) is 0 Å². The van der Waals surface area contributed by atoms with Crippen molar-refractivity contribution < 1.29 is 31.1 Å². The van der Waals surface area contributed by atoms with Crippen molar-refractivity contribution in [1.82, 2.24) is 4.72 Å². The second kappa shape index (κ2) is 6.99. The summed E-state index contributed by atoms with van der Waals surface area (Å²) in [6.07, 6.45) is -4.86. The lowest BCUT2D eigenvalue weighted by molar-refractivity contribution is -0.140. The minimum absolute atomic E-state index is 0.0521. The highest BCUT2D eigenvalue weighted by molar-refractivity contribution is 7.89. The summed E-state index contributed by atoms with van der Waals surface area (Å²) in [6, 6.07) is 4.07. The van der Waals surface area contributed by atoms with Crippen LogP contribution in [0.5, 0.6) is 5.75 Å². The molecule has 0 heterocycles. The van der Waals surface area contributed by atoms with Crippen molar-refractivity contribution in [3.63, 3.8) is 0 Å². The third kappa shape index (κ3) is 4.55. The normalized spacial score (nSPS) is 12.4. The van der Waals surface area contributed by atoms with Crippen molar-refractivity contribution in [3.05, 3.63) is 57.3 Å². The number of nitrogens with one attached hydrogen (secondary N) is 1. The van der Waals surface area contributed by atoms with Gasteiger partial charge >= 0.3 is 6.18 Å². The maximum absolute atomic E-state index is 13.5. The first-order valence-corrected chi connectivity index (χ1v) is 8.69. The fourth-order valence-electron chi connectivity index (χ4n) is 1.90. The number of hydrogen-bond acceptors (Lipinski definition) is 3. The monoisotopic (exact) mass is 417 g/mol. The van der Waals surface area contributed by atoms with Gasteiger partial charge in [0.2, 0.25) is 10.0 Å². The molecule has 0 amide bonds. The van der Waals surface area contributed by atoms with Crippen molar-refractivity contribution in [1.29, 1.82) is 0 Å². The first-order chi connectivity index (χ1) is 11.4. The number of halogens is 6. The van der Waals surface area contributed by atoms with Gasteiger partial charge in [-0.25, -0.2) is 17.5 Å². The maximum atomic E-state index is 13.5. The van der Waals surface area contributed by atoms with Gasteiger partial charge in [-0.05, 0) is 29.8 Å². The Kier molecular flexibility index (Phi) is 5.53. The van der Waals surface area contributed by atoms with E-state index >= 15 is 0 Å². The van der Waals surface area contributed by atoms with E-state index in [1.807, 2.05) is 4.72 Å². The second-order valence-corrected chi connectivity index (χ2v) is 7.45. The number of rotatable bonds is 4. The molecule has 2 aromatic rings. The van der Waals surface area contributed by atoms with Crippen LogP contribution in [0.3, 0.4) is 0 Å². The van der Waals surface area contributed by atoms with Crippen LogP contribution in [0.1, 0.15) is 11.1 Å². The predicted molar refractivity (Wildman–Crippen MR) is 83.6 cm³/mol. The SMILES string of the molecule is O=S(=O)(NCc1ccc(C(F)(F)F)c(F)c1)c1cc(Cl)cc(Cl)c1O. The number of sulfonamides is 1. The molecule has 0 aliphatic rings. The van der Waals surface area contributed by atoms with Gasteiger partial charge in [0, 0.05) is 11.6 Å². The fourth-order valence-corrected chi connectivity index (χ4v) is 3.67. The summed E-state index contributed by atoms with van der Waals surface area (Å²) in [5.41, 5.74) is -1.51. The van der Waals surface area contributed by atoms with Gasteiger partial charge in [0.25, 0.3) is 0 Å². The molecule has 0 saturated heterocycles. The summed E-state index contributed by atoms with van der Waals surface area (Å²) in [7, 11) is -4.30. The molecule has 0 spiro atoms. The van der Waals surface area contributed by atoms with E-state index in [0.29, 0.717) is 12.1 Å². The zero-order valence-electron chi connectivity index (χ0n) is 12.0. The first kappa shape index (κ1) is 19.8. The second-order valence-electron chi connectivity index (χ2n) is 4.87. The van der Waals surface area contributed by atoms with Gasteiger partial charge in [0.05, 0.1) is 10.6 Å². The van der Waals surface area contributed by atoms with Gasteiger partial charge in [-0.1, -0.05) is 29.3 Å². The molecule has 0 aliphatic heterocycles. The molecule has 0 aromatic heterocycles. The highest BCUT2D eigenvalue weighted by Crippen LogP contribution is 2.34. The summed E-state index contributed by atoms with van der Waals surface area (Å²) in [4.78, 5) is -0.614. The summed E-state index contributed by atoms with van der Waals surface area (Å²) >= 11 is 11.3. The Morgan fingerprint density at radius 1 is 1.12 bits per heavy atom. The van der Waals surface area contributed by atoms with Gasteiger partial charge in [0.1, 0.15) is 10.7 Å². The summed E-state index contributed by atoms with van der Waals surface area (Å²) in [5.74, 6) is -2.27. The van der Waals surface area contributed by atoms with Crippen LogP contribution in [0.4, 0.5) is 17.6 Å². The molecule has 0 bridgehead atoms. The van der Waals surface area contributed by atoms with E-state index in [2.05, 4.69) is 0 Å². The number of alkyl halides is 3. The molecule has 0 radical (unpaired) electrons. The lowest BCUT2D eigenvalue weighted by Crippen LogP contribution is -2.23. The molecule has 2 aromatic carbocycles. The molecular weight excluding hydrogens is 409 g/mol. The van der Waals surface area contributed by atoms with E-state index in [9.17, 15) is 31.1 Å². The largest absolute Gasteiger partial charge is 0.505 e. The average Bonchev–Trinajstić information content (AvgIpc) is 2.47. The molecule has 0 fully saturated rings. The molecular formula is C14H9Cl2F4NO3S. The lowest BCUT2D eigenvalue weighted by atomic mass is 10.1. The van der Waals surface area contributed by atoms with Gasteiger partial charge in [-0.2, -0.15) is 13.2 Å². The van der Waals surface area contributed by atoms with E-state index < -0.39 is 44.8 Å². The summed E-state index contributed by atoms with van der Waals surface area (Å²) in [6.45, 7) is -0.513. The number of phenols is 1. The minimum Gasteiger partial charge on any atom is -0.505 e. The van der Waals surface area contributed by atoms with Crippen molar-refractivity contribution >= 4 is 33.2 Å². The van der Waals surface area contributed by atoms with Crippen LogP contribution in [-0.4, -0.2) is 13.5 Å². The van der Waals surface area contributed by atoms with Crippen molar-refractivity contribution in [2.24, 2.45) is 0 Å². The molecule has 0 aliphatic carbocycles. The number of phenolic OH excluding ortho intramolecular Hbond substituents is 1. The Morgan fingerprint density at radius 2 is 1.76 bits per heavy atom. The number of hydrogen-bond donors (Lipinski definition) is 2. The Hall–Kier alpha value is -1.55. The number of aromatic hydroxyl groups is 1. The van der Waals surface area contributed by atoms with E-state index in [-0.39, 0.29) is 15.6 Å². The van der Waals surface area contributed by atoms with Crippen LogP contribution in [0, 0.1) is 5.82 Å². The first-order valence-electron chi connectivity index (χ1n) is 6.45. The highest BCUT2D eigenvalue weighted by atomic mass is 35.5. The zero-order chi connectivity index (χ0) is 19.0. The quantitative estimate of drug-likeness (QED) is 0.727. The third-order valence-corrected chi connectivity index (χ3v) is 5.01. The molecule has 0 unspecified atom stereocenters. The van der Waals surface area contributed by atoms with Gasteiger partial charge in [0.15, 0.2) is 5.75 Å². The third-order valence-electron chi connectivity index (χ3n) is 3.09. The maximum Gasteiger partial charge on any atom is 0.419 e. The van der Waals surface area contributed by atoms with Crippen LogP contribution in [0.2, 0.25) is 10.0 Å². The topological polar surface area (TPSA) is 66.4 Å². The Labute approximate surface area is 150 Å². The van der Waals surface area contributed by atoms with Gasteiger partial charge in [-0.3, -0.25) is 0 Å². The molecule has 25 heavy (non-hydrogen) atoms. The van der Waals surface area contributed by atoms with Gasteiger partial charge < -0.3 is 5.11 Å². The molecule has 4 nitrogen and oxygen atoms in total. The van der Waals surface area contributed by atoms with Gasteiger partial charge in [-0.15, -0.1) is 0 Å². The zero-order valence-corrected chi connectivity index (χ0v) is 14.4. The van der Waals surface area contributed by atoms with E-state index in [0.717, 1.165) is 18.2 Å². The predicted octanol–water partition coefficient (Wildman–Crippen LogP) is 4.34. The molecule has 11 heteroatoms. The molecule has 2 N–H and O–H groups in total. The Balaban J connectivity index is 2.25. The van der Waals surface area contributed by atoms with Crippen LogP contribution in [0.15, 0.2) is 35.2 Å². The van der Waals surface area contributed by atoms with E-state index in [4.69, 9.17) is 23.2 Å². The number of benzene rings is 2. The Morgan fingerprint density at radius 3 is 2.32 bits per heavy atom. The fraction of sp³-hybridized carbons (Fsp3) is 0.143. The molecule has 0 atom stereocenters. The summed E-state index contributed by atoms with van der Waals surface area (Å²) in [5, 5.41) is 9.38. The lowest BCUT2D eigenvalue weighted by Gasteiger charge is -2.12. The van der Waals surface area contributed by atoms with Crippen LogP contribution >= 0.6 is 23.2 Å². The van der Waals surface area contributed by atoms with Crippen LogP contribution in [0.25, 0.3) is 0 Å².